The first-order valence-electron chi connectivity index (χ1n) is 12.8. The number of nitrogens with one attached hydrogen (secondary N) is 3. The van der Waals surface area contributed by atoms with Crippen LogP contribution < -0.4 is 20.9 Å². The quantitative estimate of drug-likeness (QED) is 0.355. The van der Waals surface area contributed by atoms with Crippen LogP contribution in [0.5, 0.6) is 0 Å². The van der Waals surface area contributed by atoms with Crippen LogP contribution in [0.1, 0.15) is 31.8 Å². The van der Waals surface area contributed by atoms with Gasteiger partial charge in [0.05, 0.1) is 24.3 Å². The van der Waals surface area contributed by atoms with Gasteiger partial charge in [-0.25, -0.2) is 4.98 Å². The molecule has 0 radical (unpaired) electrons. The van der Waals surface area contributed by atoms with Crippen LogP contribution in [-0.4, -0.2) is 67.1 Å². The van der Waals surface area contributed by atoms with E-state index < -0.39 is 53.9 Å². The van der Waals surface area contributed by atoms with Crippen molar-refractivity contribution in [3.8, 4) is 0 Å². The maximum Gasteiger partial charge on any atom is 0.409 e. The molecule has 9 nitrogen and oxygen atoms in total. The SMILES string of the molecule is CN(C)CC(=O)N1CC(C(F)(F)F)(C(F)(F)F)c2ccc(NC(=O)c3cccnc3Nc3cccc4c3CNC4=O)cc21. The third-order valence-electron chi connectivity index (χ3n) is 7.27. The predicted molar refractivity (Wildman–Crippen MR) is 144 cm³/mol. The molecule has 0 bridgehead atoms. The summed E-state index contributed by atoms with van der Waals surface area (Å²) in [6, 6.07) is 10.3. The smallest absolute Gasteiger partial charge is 0.348 e. The summed E-state index contributed by atoms with van der Waals surface area (Å²) in [5.41, 5.74) is -4.59. The summed E-state index contributed by atoms with van der Waals surface area (Å²) in [5.74, 6) is -1.93. The molecule has 43 heavy (non-hydrogen) atoms. The van der Waals surface area contributed by atoms with Crippen LogP contribution in [0.15, 0.2) is 54.7 Å². The van der Waals surface area contributed by atoms with E-state index in [0.717, 1.165) is 12.1 Å². The molecule has 1 aromatic heterocycles. The molecule has 15 heteroatoms. The lowest BCUT2D eigenvalue weighted by molar-refractivity contribution is -0.297. The van der Waals surface area contributed by atoms with Gasteiger partial charge in [0, 0.05) is 40.8 Å². The summed E-state index contributed by atoms with van der Waals surface area (Å²) in [6.07, 6.45) is -10.1. The highest BCUT2D eigenvalue weighted by Gasteiger charge is 2.75. The van der Waals surface area contributed by atoms with Crippen molar-refractivity contribution in [3.05, 3.63) is 77.0 Å². The number of anilines is 4. The number of carbonyl (C=O) groups excluding carboxylic acids is 3. The third kappa shape index (κ3) is 5.13. The van der Waals surface area contributed by atoms with Crippen molar-refractivity contribution in [3.63, 3.8) is 0 Å². The number of carbonyl (C=O) groups is 3. The molecule has 0 saturated heterocycles. The number of pyridine rings is 1. The van der Waals surface area contributed by atoms with Gasteiger partial charge >= 0.3 is 12.4 Å². The van der Waals surface area contributed by atoms with E-state index in [1.54, 1.807) is 18.2 Å². The minimum absolute atomic E-state index is 0.00152. The number of alkyl halides is 6. The standard InChI is InChI=1S/C28H24F6N6O3/c1-39(2)13-22(41)40-14-26(27(29,30)31,28(32,33)34)19-9-8-15(11-21(19)40)37-25(43)17-6-4-10-35-23(17)38-20-7-3-5-16-18(20)12-36-24(16)42/h3-11H,12-14H2,1-2H3,(H,35,38)(H,36,42)(H,37,43). The minimum Gasteiger partial charge on any atom is -0.348 e. The molecule has 0 atom stereocenters. The average Bonchev–Trinajstić information content (AvgIpc) is 3.48. The number of halogens is 6. The molecule has 2 aliphatic heterocycles. The highest BCUT2D eigenvalue weighted by atomic mass is 19.4. The van der Waals surface area contributed by atoms with Gasteiger partial charge in [0.2, 0.25) is 11.3 Å². The average molecular weight is 607 g/mol. The topological polar surface area (TPSA) is 107 Å². The van der Waals surface area contributed by atoms with E-state index in [1.165, 1.54) is 37.3 Å². The number of amides is 3. The highest BCUT2D eigenvalue weighted by molar-refractivity contribution is 6.09. The molecule has 0 unspecified atom stereocenters. The van der Waals surface area contributed by atoms with Gasteiger partial charge in [-0.3, -0.25) is 14.4 Å². The Morgan fingerprint density at radius 1 is 1.05 bits per heavy atom. The molecule has 0 aliphatic carbocycles. The first-order valence-corrected chi connectivity index (χ1v) is 12.8. The van der Waals surface area contributed by atoms with Crippen molar-refractivity contribution in [1.82, 2.24) is 15.2 Å². The second kappa shape index (κ2) is 10.6. The van der Waals surface area contributed by atoms with Gasteiger partial charge < -0.3 is 25.8 Å². The summed E-state index contributed by atoms with van der Waals surface area (Å²) in [4.78, 5) is 44.2. The van der Waals surface area contributed by atoms with Crippen LogP contribution >= 0.6 is 0 Å². The Morgan fingerprint density at radius 3 is 2.44 bits per heavy atom. The number of aromatic nitrogens is 1. The molecule has 3 heterocycles. The number of likely N-dealkylation sites (N-methyl/N-ethyl adjacent to an activating group) is 1. The lowest BCUT2D eigenvalue weighted by Gasteiger charge is -2.34. The number of hydrogen-bond acceptors (Lipinski definition) is 6. The fraction of sp³-hybridized carbons (Fsp3) is 0.286. The Bertz CT molecular complexity index is 1610. The van der Waals surface area contributed by atoms with E-state index >= 15 is 0 Å². The van der Waals surface area contributed by atoms with E-state index in [-0.39, 0.29) is 29.5 Å². The van der Waals surface area contributed by atoms with Crippen LogP contribution in [-0.2, 0) is 16.8 Å². The maximum absolute atomic E-state index is 14.2. The van der Waals surface area contributed by atoms with Gasteiger partial charge in [-0.2, -0.15) is 26.3 Å². The van der Waals surface area contributed by atoms with Gasteiger partial charge in [0.15, 0.2) is 0 Å². The van der Waals surface area contributed by atoms with Crippen molar-refractivity contribution in [2.24, 2.45) is 0 Å². The van der Waals surface area contributed by atoms with E-state index in [4.69, 9.17) is 0 Å². The molecule has 3 amide bonds. The molecule has 0 fully saturated rings. The van der Waals surface area contributed by atoms with Crippen molar-refractivity contribution in [1.29, 1.82) is 0 Å². The van der Waals surface area contributed by atoms with Gasteiger partial charge in [-0.05, 0) is 50.5 Å². The van der Waals surface area contributed by atoms with Crippen molar-refractivity contribution >= 4 is 40.6 Å². The molecule has 3 N–H and O–H groups in total. The second-order valence-corrected chi connectivity index (χ2v) is 10.3. The zero-order valence-corrected chi connectivity index (χ0v) is 22.7. The monoisotopic (exact) mass is 606 g/mol. The maximum atomic E-state index is 14.2. The van der Waals surface area contributed by atoms with E-state index in [9.17, 15) is 40.7 Å². The Balaban J connectivity index is 1.49. The van der Waals surface area contributed by atoms with Gasteiger partial charge in [-0.1, -0.05) is 12.1 Å². The number of nitrogens with zero attached hydrogens (tertiary/aromatic N) is 3. The molecule has 2 aliphatic rings. The van der Waals surface area contributed by atoms with Crippen molar-refractivity contribution < 1.29 is 40.7 Å². The fourth-order valence-electron chi connectivity index (χ4n) is 5.21. The van der Waals surface area contributed by atoms with Crippen molar-refractivity contribution in [2.45, 2.75) is 24.3 Å². The van der Waals surface area contributed by atoms with Crippen LogP contribution in [0, 0.1) is 0 Å². The largest absolute Gasteiger partial charge is 0.409 e. The number of benzene rings is 2. The third-order valence-corrected chi connectivity index (χ3v) is 7.27. The fourth-order valence-corrected chi connectivity index (χ4v) is 5.21. The first kappa shape index (κ1) is 29.8. The summed E-state index contributed by atoms with van der Waals surface area (Å²) in [6.45, 7) is -1.88. The zero-order chi connectivity index (χ0) is 31.3. The molecular formula is C28H24F6N6O3. The summed E-state index contributed by atoms with van der Waals surface area (Å²) < 4.78 is 85.0. The normalized spacial score (nSPS) is 15.7. The van der Waals surface area contributed by atoms with Crippen LogP contribution in [0.2, 0.25) is 0 Å². The van der Waals surface area contributed by atoms with E-state index in [1.807, 2.05) is 0 Å². The Labute approximate surface area is 240 Å². The summed E-state index contributed by atoms with van der Waals surface area (Å²) >= 11 is 0. The Hall–Kier alpha value is -4.66. The lowest BCUT2D eigenvalue weighted by atomic mass is 9.80. The molecule has 0 saturated carbocycles. The van der Waals surface area contributed by atoms with E-state index in [2.05, 4.69) is 20.9 Å². The number of fused-ring (bicyclic) bond motifs is 2. The summed E-state index contributed by atoms with van der Waals surface area (Å²) in [7, 11) is 2.90. The zero-order valence-electron chi connectivity index (χ0n) is 22.7. The molecule has 5 rings (SSSR count). The molecule has 2 aromatic carbocycles. The first-order chi connectivity index (χ1) is 20.1. The second-order valence-electron chi connectivity index (χ2n) is 10.3. The minimum atomic E-state index is -5.77. The summed E-state index contributed by atoms with van der Waals surface area (Å²) in [5, 5.41) is 8.19. The predicted octanol–water partition coefficient (Wildman–Crippen LogP) is 4.59. The molecular weight excluding hydrogens is 582 g/mol. The van der Waals surface area contributed by atoms with Gasteiger partial charge in [0.25, 0.3) is 11.8 Å². The number of rotatable bonds is 6. The highest BCUT2D eigenvalue weighted by Crippen LogP contribution is 2.58. The van der Waals surface area contributed by atoms with Gasteiger partial charge in [-0.15, -0.1) is 0 Å². The van der Waals surface area contributed by atoms with Crippen LogP contribution in [0.25, 0.3) is 0 Å². The molecule has 3 aromatic rings. The molecule has 226 valence electrons. The molecule has 0 spiro atoms. The van der Waals surface area contributed by atoms with Crippen molar-refractivity contribution in [2.75, 3.05) is 42.7 Å². The van der Waals surface area contributed by atoms with E-state index in [0.29, 0.717) is 27.8 Å². The van der Waals surface area contributed by atoms with Gasteiger partial charge in [0.1, 0.15) is 5.82 Å². The lowest BCUT2D eigenvalue weighted by Crippen LogP contribution is -2.57. The van der Waals surface area contributed by atoms with Crippen LogP contribution in [0.3, 0.4) is 0 Å². The Kier molecular flexibility index (Phi) is 7.32. The Morgan fingerprint density at radius 2 is 1.77 bits per heavy atom. The number of hydrogen-bond donors (Lipinski definition) is 3. The van der Waals surface area contributed by atoms with Crippen LogP contribution in [0.4, 0.5) is 49.2 Å².